The lowest BCUT2D eigenvalue weighted by Crippen LogP contribution is -2.49. The van der Waals surface area contributed by atoms with Crippen molar-refractivity contribution in [2.45, 2.75) is 25.7 Å². The third-order valence-electron chi connectivity index (χ3n) is 5.23. The molecule has 1 aliphatic rings. The molecule has 27 heavy (non-hydrogen) atoms. The fourth-order valence-electron chi connectivity index (χ4n) is 3.60. The maximum absolute atomic E-state index is 13.3. The number of aryl methyl sites for hydroxylation is 1. The summed E-state index contributed by atoms with van der Waals surface area (Å²) in [6, 6.07) is 8.07. The van der Waals surface area contributed by atoms with Crippen LogP contribution in [0, 0.1) is 26.6 Å². The van der Waals surface area contributed by atoms with Crippen molar-refractivity contribution in [2.75, 3.05) is 38.2 Å². The molecule has 0 unspecified atom stereocenters. The van der Waals surface area contributed by atoms with E-state index in [1.807, 2.05) is 13.8 Å². The van der Waals surface area contributed by atoms with Gasteiger partial charge in [-0.1, -0.05) is 0 Å². The van der Waals surface area contributed by atoms with Gasteiger partial charge in [-0.25, -0.2) is 12.8 Å². The van der Waals surface area contributed by atoms with Gasteiger partial charge in [0.25, 0.3) is 0 Å². The summed E-state index contributed by atoms with van der Waals surface area (Å²) in [5.41, 5.74) is 3.16. The van der Waals surface area contributed by atoms with Crippen molar-refractivity contribution in [3.05, 3.63) is 52.8 Å². The molecule has 2 aromatic carbocycles. The molecule has 0 amide bonds. The highest BCUT2D eigenvalue weighted by atomic mass is 32.2. The summed E-state index contributed by atoms with van der Waals surface area (Å²) in [5, 5.41) is 0. The minimum atomic E-state index is -3.59. The number of nitrogens with zero attached hydrogens (tertiary/aromatic N) is 2. The van der Waals surface area contributed by atoms with E-state index in [9.17, 15) is 12.8 Å². The quantitative estimate of drug-likeness (QED) is 0.801. The van der Waals surface area contributed by atoms with Crippen LogP contribution in [0.2, 0.25) is 0 Å². The van der Waals surface area contributed by atoms with E-state index >= 15 is 0 Å². The molecular formula is C20H25FN2O3S. The predicted molar refractivity (Wildman–Crippen MR) is 105 cm³/mol. The highest BCUT2D eigenvalue weighted by Gasteiger charge is 2.32. The standard InChI is InChI=1S/C20H25FN2O3S/c1-14-13-19(26-4)15(2)16(3)20(14)27(24,25)23-11-9-22(10-12-23)18-7-5-17(21)6-8-18/h5-8,13H,9-12H2,1-4H3. The molecular weight excluding hydrogens is 367 g/mol. The van der Waals surface area contributed by atoms with Gasteiger partial charge in [-0.05, 0) is 67.8 Å². The van der Waals surface area contributed by atoms with Gasteiger partial charge in [0, 0.05) is 31.9 Å². The summed E-state index contributed by atoms with van der Waals surface area (Å²) in [7, 11) is -2.00. The number of hydrogen-bond donors (Lipinski definition) is 0. The Kier molecular flexibility index (Phi) is 5.44. The van der Waals surface area contributed by atoms with Crippen LogP contribution in [0.1, 0.15) is 16.7 Å². The minimum absolute atomic E-state index is 0.277. The molecule has 0 N–H and O–H groups in total. The van der Waals surface area contributed by atoms with Gasteiger partial charge in [0.1, 0.15) is 11.6 Å². The van der Waals surface area contributed by atoms with Gasteiger partial charge in [0.05, 0.1) is 12.0 Å². The van der Waals surface area contributed by atoms with Crippen LogP contribution in [0.5, 0.6) is 5.75 Å². The Morgan fingerprint density at radius 2 is 1.56 bits per heavy atom. The van der Waals surface area contributed by atoms with Gasteiger partial charge in [-0.15, -0.1) is 0 Å². The fourth-order valence-corrected chi connectivity index (χ4v) is 5.51. The first kappa shape index (κ1) is 19.6. The molecule has 2 aromatic rings. The zero-order valence-corrected chi connectivity index (χ0v) is 16.9. The Balaban J connectivity index is 1.83. The van der Waals surface area contributed by atoms with E-state index in [-0.39, 0.29) is 5.82 Å². The first-order valence-electron chi connectivity index (χ1n) is 8.91. The molecule has 0 atom stereocenters. The van der Waals surface area contributed by atoms with Crippen LogP contribution < -0.4 is 9.64 Å². The summed E-state index contributed by atoms with van der Waals surface area (Å²) in [5.74, 6) is 0.422. The first-order valence-corrected chi connectivity index (χ1v) is 10.3. The molecule has 1 fully saturated rings. The van der Waals surface area contributed by atoms with Crippen LogP contribution >= 0.6 is 0 Å². The van der Waals surface area contributed by atoms with Gasteiger partial charge in [0.2, 0.25) is 10.0 Å². The number of benzene rings is 2. The minimum Gasteiger partial charge on any atom is -0.496 e. The van der Waals surface area contributed by atoms with Crippen LogP contribution in [0.15, 0.2) is 35.2 Å². The molecule has 0 saturated carbocycles. The van der Waals surface area contributed by atoms with E-state index in [1.54, 1.807) is 32.2 Å². The lowest BCUT2D eigenvalue weighted by Gasteiger charge is -2.36. The second kappa shape index (κ2) is 7.48. The van der Waals surface area contributed by atoms with Gasteiger partial charge >= 0.3 is 0 Å². The van der Waals surface area contributed by atoms with Crippen molar-refractivity contribution in [2.24, 2.45) is 0 Å². The second-order valence-corrected chi connectivity index (χ2v) is 8.72. The summed E-state index contributed by atoms with van der Waals surface area (Å²) < 4.78 is 46.6. The zero-order chi connectivity index (χ0) is 19.8. The SMILES string of the molecule is COc1cc(C)c(S(=O)(=O)N2CCN(c3ccc(F)cc3)CC2)c(C)c1C. The van der Waals surface area contributed by atoms with E-state index < -0.39 is 10.0 Å². The van der Waals surface area contributed by atoms with Gasteiger partial charge < -0.3 is 9.64 Å². The number of halogens is 1. The van der Waals surface area contributed by atoms with E-state index in [0.29, 0.717) is 42.4 Å². The highest BCUT2D eigenvalue weighted by molar-refractivity contribution is 7.89. The third-order valence-corrected chi connectivity index (χ3v) is 7.42. The van der Waals surface area contributed by atoms with Crippen LogP contribution in [-0.4, -0.2) is 46.0 Å². The van der Waals surface area contributed by atoms with Crippen LogP contribution in [0.25, 0.3) is 0 Å². The summed E-state index contributed by atoms with van der Waals surface area (Å²) in [6.45, 7) is 7.42. The highest BCUT2D eigenvalue weighted by Crippen LogP contribution is 2.32. The topological polar surface area (TPSA) is 49.9 Å². The normalized spacial score (nSPS) is 15.8. The van der Waals surface area contributed by atoms with Crippen molar-refractivity contribution in [1.82, 2.24) is 4.31 Å². The maximum atomic E-state index is 13.3. The lowest BCUT2D eigenvalue weighted by atomic mass is 10.1. The van der Waals surface area contributed by atoms with Crippen LogP contribution in [0.3, 0.4) is 0 Å². The Morgan fingerprint density at radius 1 is 0.963 bits per heavy atom. The smallest absolute Gasteiger partial charge is 0.243 e. The Bertz CT molecular complexity index is 935. The van der Waals surface area contributed by atoms with E-state index in [2.05, 4.69) is 4.90 Å². The molecule has 0 aromatic heterocycles. The molecule has 3 rings (SSSR count). The molecule has 1 saturated heterocycles. The molecule has 0 radical (unpaired) electrons. The molecule has 1 heterocycles. The summed E-state index contributed by atoms with van der Waals surface area (Å²) >= 11 is 0. The van der Waals surface area contributed by atoms with E-state index in [0.717, 1.165) is 16.8 Å². The number of sulfonamides is 1. The van der Waals surface area contributed by atoms with E-state index in [4.69, 9.17) is 4.74 Å². The Morgan fingerprint density at radius 3 is 2.11 bits per heavy atom. The second-order valence-electron chi connectivity index (χ2n) is 6.84. The maximum Gasteiger partial charge on any atom is 0.243 e. The van der Waals surface area contributed by atoms with Crippen molar-refractivity contribution in [3.63, 3.8) is 0 Å². The van der Waals surface area contributed by atoms with Crippen LogP contribution in [0.4, 0.5) is 10.1 Å². The average molecular weight is 392 g/mol. The van der Waals surface area contributed by atoms with Crippen molar-refractivity contribution in [1.29, 1.82) is 0 Å². The third kappa shape index (κ3) is 3.66. The zero-order valence-electron chi connectivity index (χ0n) is 16.1. The van der Waals surface area contributed by atoms with Gasteiger partial charge in [-0.2, -0.15) is 4.31 Å². The number of hydrogen-bond acceptors (Lipinski definition) is 4. The van der Waals surface area contributed by atoms with E-state index in [1.165, 1.54) is 16.4 Å². The Hall–Kier alpha value is -2.12. The monoisotopic (exact) mass is 392 g/mol. The largest absolute Gasteiger partial charge is 0.496 e. The molecule has 0 spiro atoms. The van der Waals surface area contributed by atoms with Crippen molar-refractivity contribution >= 4 is 15.7 Å². The first-order chi connectivity index (χ1) is 12.8. The number of anilines is 1. The number of ether oxygens (including phenoxy) is 1. The fraction of sp³-hybridized carbons (Fsp3) is 0.400. The summed E-state index contributed by atoms with van der Waals surface area (Å²) in [4.78, 5) is 2.45. The lowest BCUT2D eigenvalue weighted by molar-refractivity contribution is 0.384. The van der Waals surface area contributed by atoms with Crippen molar-refractivity contribution in [3.8, 4) is 5.75 Å². The molecule has 7 heteroatoms. The summed E-state index contributed by atoms with van der Waals surface area (Å²) in [6.07, 6.45) is 0. The average Bonchev–Trinajstić information content (AvgIpc) is 2.65. The number of methoxy groups -OCH3 is 1. The molecule has 0 aliphatic carbocycles. The molecule has 146 valence electrons. The van der Waals surface area contributed by atoms with Gasteiger partial charge in [0.15, 0.2) is 0 Å². The predicted octanol–water partition coefficient (Wildman–Crippen LogP) is 3.27. The molecule has 0 bridgehead atoms. The number of rotatable bonds is 4. The molecule has 1 aliphatic heterocycles. The van der Waals surface area contributed by atoms with Gasteiger partial charge in [-0.3, -0.25) is 0 Å². The Labute approximate surface area is 160 Å². The van der Waals surface area contributed by atoms with Crippen LogP contribution in [-0.2, 0) is 10.0 Å². The van der Waals surface area contributed by atoms with Crippen molar-refractivity contribution < 1.29 is 17.5 Å². The molecule has 5 nitrogen and oxygen atoms in total. The number of piperazine rings is 1.